The van der Waals surface area contributed by atoms with Crippen molar-refractivity contribution in [2.75, 3.05) is 31.6 Å². The van der Waals surface area contributed by atoms with E-state index in [1.54, 1.807) is 13.4 Å². The van der Waals surface area contributed by atoms with E-state index in [0.29, 0.717) is 23.6 Å². The lowest BCUT2D eigenvalue weighted by atomic mass is 9.83. The number of carbonyl (C=O) groups excluding carboxylic acids is 1. The molecular formula is C23H28N4O2. The zero-order valence-corrected chi connectivity index (χ0v) is 17.1. The fourth-order valence-corrected chi connectivity index (χ4v) is 5.28. The Balaban J connectivity index is 1.45. The van der Waals surface area contributed by atoms with E-state index < -0.39 is 0 Å². The molecule has 3 aliphatic rings. The summed E-state index contributed by atoms with van der Waals surface area (Å²) in [6.07, 6.45) is 4.86. The average Bonchev–Trinajstić information content (AvgIpc) is 3.25. The first-order chi connectivity index (χ1) is 14.2. The molecule has 1 aromatic heterocycles. The molecule has 6 nitrogen and oxygen atoms in total. The fraction of sp³-hybridized carbons (Fsp3) is 0.522. The fourth-order valence-electron chi connectivity index (χ4n) is 5.28. The van der Waals surface area contributed by atoms with Crippen molar-refractivity contribution in [1.29, 1.82) is 0 Å². The van der Waals surface area contributed by atoms with Crippen LogP contribution in [0.5, 0.6) is 5.88 Å². The number of carbonyl (C=O) groups is 1. The van der Waals surface area contributed by atoms with Crippen molar-refractivity contribution in [1.82, 2.24) is 14.9 Å². The number of nitrogens with zero attached hydrogens (tertiary/aromatic N) is 4. The predicted molar refractivity (Wildman–Crippen MR) is 111 cm³/mol. The number of likely N-dealkylation sites (tertiary alicyclic amines) is 1. The second kappa shape index (κ2) is 7.32. The number of hydrogen-bond acceptors (Lipinski definition) is 5. The Bertz CT molecular complexity index is 913. The maximum atomic E-state index is 13.3. The number of fused-ring (bicyclic) bond motifs is 1. The van der Waals surface area contributed by atoms with E-state index in [0.717, 1.165) is 38.3 Å². The van der Waals surface area contributed by atoms with Crippen LogP contribution < -0.4 is 9.64 Å². The van der Waals surface area contributed by atoms with Gasteiger partial charge in [-0.3, -0.25) is 4.79 Å². The third-order valence-corrected chi connectivity index (χ3v) is 7.07. The van der Waals surface area contributed by atoms with E-state index in [1.807, 2.05) is 6.07 Å². The van der Waals surface area contributed by atoms with Gasteiger partial charge in [-0.25, -0.2) is 9.97 Å². The minimum absolute atomic E-state index is 0.156. The molecule has 1 aromatic carbocycles. The van der Waals surface area contributed by atoms with Crippen molar-refractivity contribution in [3.63, 3.8) is 0 Å². The van der Waals surface area contributed by atoms with Crippen LogP contribution in [0.25, 0.3) is 0 Å². The summed E-state index contributed by atoms with van der Waals surface area (Å²) < 4.78 is 5.28. The van der Waals surface area contributed by atoms with Gasteiger partial charge in [0.25, 0.3) is 0 Å². The van der Waals surface area contributed by atoms with Crippen molar-refractivity contribution in [3.05, 3.63) is 47.8 Å². The predicted octanol–water partition coefficient (Wildman–Crippen LogP) is 3.23. The lowest BCUT2D eigenvalue weighted by molar-refractivity contribution is -0.139. The van der Waals surface area contributed by atoms with Gasteiger partial charge in [0.1, 0.15) is 12.1 Å². The molecule has 152 valence electrons. The molecule has 29 heavy (non-hydrogen) atoms. The number of benzene rings is 1. The summed E-state index contributed by atoms with van der Waals surface area (Å²) in [4.78, 5) is 26.4. The number of aryl methyl sites for hydroxylation is 1. The third-order valence-electron chi connectivity index (χ3n) is 7.07. The van der Waals surface area contributed by atoms with Crippen LogP contribution in [0.3, 0.4) is 0 Å². The van der Waals surface area contributed by atoms with Gasteiger partial charge in [-0.05, 0) is 30.9 Å². The van der Waals surface area contributed by atoms with Crippen molar-refractivity contribution in [3.8, 4) is 5.88 Å². The Morgan fingerprint density at radius 1 is 1.14 bits per heavy atom. The summed E-state index contributed by atoms with van der Waals surface area (Å²) in [5.41, 5.74) is 2.57. The first kappa shape index (κ1) is 18.4. The standard InChI is InChI=1S/C23H28N4O2/c1-15-6-3-4-9-18(15)22-19-13-26(20-10-21(29-2)25-14-24-20)11-17(19)12-27(22)23(28)16-7-5-8-16/h3-4,6,9-10,14,16-17,19,22H,5,7-8,11-13H2,1-2H3/t17-,19-,22+/m0/s1. The molecule has 3 fully saturated rings. The smallest absolute Gasteiger partial charge is 0.226 e. The number of methoxy groups -OCH3 is 1. The normalized spacial score (nSPS) is 26.3. The van der Waals surface area contributed by atoms with Crippen LogP contribution in [0.1, 0.15) is 36.4 Å². The van der Waals surface area contributed by atoms with Crippen molar-refractivity contribution < 1.29 is 9.53 Å². The van der Waals surface area contributed by atoms with Gasteiger partial charge in [-0.15, -0.1) is 0 Å². The molecule has 1 aliphatic carbocycles. The molecule has 3 heterocycles. The summed E-state index contributed by atoms with van der Waals surface area (Å²) >= 11 is 0. The van der Waals surface area contributed by atoms with E-state index >= 15 is 0 Å². The van der Waals surface area contributed by atoms with Gasteiger partial charge in [0.2, 0.25) is 11.8 Å². The van der Waals surface area contributed by atoms with E-state index in [9.17, 15) is 4.79 Å². The SMILES string of the molecule is COc1cc(N2C[C@H]3CN(C(=O)C4CCC4)[C@H](c4ccccc4C)[C@H]3C2)ncn1. The number of aromatic nitrogens is 2. The molecule has 3 atom stereocenters. The van der Waals surface area contributed by atoms with Crippen molar-refractivity contribution in [2.24, 2.45) is 17.8 Å². The van der Waals surface area contributed by atoms with E-state index in [4.69, 9.17) is 4.74 Å². The van der Waals surface area contributed by atoms with Gasteiger partial charge in [0, 0.05) is 43.5 Å². The van der Waals surface area contributed by atoms with Crippen LogP contribution in [0, 0.1) is 24.7 Å². The van der Waals surface area contributed by atoms with Gasteiger partial charge in [0.15, 0.2) is 0 Å². The minimum Gasteiger partial charge on any atom is -0.481 e. The molecular weight excluding hydrogens is 364 g/mol. The molecule has 2 saturated heterocycles. The van der Waals surface area contributed by atoms with Crippen LogP contribution in [0.4, 0.5) is 5.82 Å². The van der Waals surface area contributed by atoms with Gasteiger partial charge in [-0.2, -0.15) is 0 Å². The van der Waals surface area contributed by atoms with E-state index in [1.165, 1.54) is 17.5 Å². The summed E-state index contributed by atoms with van der Waals surface area (Å²) in [5.74, 6) is 2.98. The first-order valence-corrected chi connectivity index (χ1v) is 10.6. The second-order valence-corrected chi connectivity index (χ2v) is 8.67. The maximum absolute atomic E-state index is 13.3. The van der Waals surface area contributed by atoms with Crippen LogP contribution in [0.2, 0.25) is 0 Å². The zero-order valence-electron chi connectivity index (χ0n) is 17.1. The Labute approximate surface area is 171 Å². The number of hydrogen-bond donors (Lipinski definition) is 0. The Morgan fingerprint density at radius 3 is 2.69 bits per heavy atom. The molecule has 1 amide bonds. The van der Waals surface area contributed by atoms with Gasteiger partial charge < -0.3 is 14.5 Å². The molecule has 0 N–H and O–H groups in total. The van der Waals surface area contributed by atoms with Gasteiger partial charge >= 0.3 is 0 Å². The number of anilines is 1. The van der Waals surface area contributed by atoms with Crippen LogP contribution in [-0.4, -0.2) is 47.5 Å². The van der Waals surface area contributed by atoms with Crippen LogP contribution in [0.15, 0.2) is 36.7 Å². The molecule has 5 rings (SSSR count). The summed E-state index contributed by atoms with van der Waals surface area (Å²) in [6, 6.07) is 10.6. The Kier molecular flexibility index (Phi) is 4.64. The average molecular weight is 393 g/mol. The minimum atomic E-state index is 0.156. The van der Waals surface area contributed by atoms with Crippen molar-refractivity contribution in [2.45, 2.75) is 32.2 Å². The molecule has 0 unspecified atom stereocenters. The van der Waals surface area contributed by atoms with Crippen molar-refractivity contribution >= 4 is 11.7 Å². The third kappa shape index (κ3) is 3.15. The van der Waals surface area contributed by atoms with Gasteiger partial charge in [0.05, 0.1) is 13.2 Å². The quantitative estimate of drug-likeness (QED) is 0.800. The highest BCUT2D eigenvalue weighted by Gasteiger charge is 2.51. The topological polar surface area (TPSA) is 58.6 Å². The highest BCUT2D eigenvalue weighted by molar-refractivity contribution is 5.80. The highest BCUT2D eigenvalue weighted by atomic mass is 16.5. The zero-order chi connectivity index (χ0) is 20.0. The lowest BCUT2D eigenvalue weighted by Crippen LogP contribution is -2.41. The highest BCUT2D eigenvalue weighted by Crippen LogP contribution is 2.48. The number of ether oxygens (including phenoxy) is 1. The molecule has 0 spiro atoms. The first-order valence-electron chi connectivity index (χ1n) is 10.6. The molecule has 0 bridgehead atoms. The summed E-state index contributed by atoms with van der Waals surface area (Å²) in [5, 5.41) is 0. The number of amides is 1. The molecule has 6 heteroatoms. The van der Waals surface area contributed by atoms with Crippen LogP contribution >= 0.6 is 0 Å². The molecule has 2 aromatic rings. The largest absolute Gasteiger partial charge is 0.481 e. The van der Waals surface area contributed by atoms with E-state index in [-0.39, 0.29) is 12.0 Å². The summed E-state index contributed by atoms with van der Waals surface area (Å²) in [6.45, 7) is 4.83. The van der Waals surface area contributed by atoms with Crippen LogP contribution in [-0.2, 0) is 4.79 Å². The summed E-state index contributed by atoms with van der Waals surface area (Å²) in [7, 11) is 1.63. The molecule has 0 radical (unpaired) electrons. The van der Waals surface area contributed by atoms with E-state index in [2.05, 4.69) is 51.0 Å². The molecule has 2 aliphatic heterocycles. The monoisotopic (exact) mass is 392 g/mol. The number of rotatable bonds is 4. The molecule has 1 saturated carbocycles. The Hall–Kier alpha value is -2.63. The lowest BCUT2D eigenvalue weighted by Gasteiger charge is -2.36. The maximum Gasteiger partial charge on any atom is 0.226 e. The Morgan fingerprint density at radius 2 is 1.97 bits per heavy atom. The second-order valence-electron chi connectivity index (χ2n) is 8.67. The van der Waals surface area contributed by atoms with Gasteiger partial charge in [-0.1, -0.05) is 30.7 Å².